The van der Waals surface area contributed by atoms with Crippen LogP contribution in [0.15, 0.2) is 18.2 Å². The minimum atomic E-state index is -0.0300. The molecule has 1 aliphatic rings. The highest BCUT2D eigenvalue weighted by molar-refractivity contribution is 5.91. The molecule has 1 unspecified atom stereocenters. The zero-order valence-corrected chi connectivity index (χ0v) is 15.2. The van der Waals surface area contributed by atoms with Crippen molar-refractivity contribution in [2.75, 3.05) is 11.9 Å². The Bertz CT molecular complexity index is 778. The maximum atomic E-state index is 12.9. The van der Waals surface area contributed by atoms with E-state index in [1.807, 2.05) is 25.8 Å². The Morgan fingerprint density at radius 2 is 2.00 bits per heavy atom. The number of aryl methyl sites for hydroxylation is 4. The molecule has 128 valence electrons. The minimum absolute atomic E-state index is 0.0300. The van der Waals surface area contributed by atoms with Crippen LogP contribution in [-0.4, -0.2) is 27.3 Å². The smallest absolute Gasteiger partial charge is 0.317 e. The molecule has 0 spiro atoms. The minimum Gasteiger partial charge on any atom is -0.317 e. The summed E-state index contributed by atoms with van der Waals surface area (Å²) in [6, 6.07) is 6.61. The van der Waals surface area contributed by atoms with Gasteiger partial charge in [-0.3, -0.25) is 4.68 Å². The van der Waals surface area contributed by atoms with Gasteiger partial charge in [0.2, 0.25) is 0 Å². The molecule has 0 bridgehead atoms. The van der Waals surface area contributed by atoms with E-state index in [1.54, 1.807) is 4.68 Å². The van der Waals surface area contributed by atoms with Crippen LogP contribution in [0.2, 0.25) is 0 Å². The van der Waals surface area contributed by atoms with Gasteiger partial charge in [0, 0.05) is 13.6 Å². The molecule has 2 amide bonds. The number of benzene rings is 1. The van der Waals surface area contributed by atoms with E-state index in [0.29, 0.717) is 0 Å². The predicted molar refractivity (Wildman–Crippen MR) is 96.3 cm³/mol. The molecule has 1 atom stereocenters. The lowest BCUT2D eigenvalue weighted by Gasteiger charge is -2.27. The number of carbonyl (C=O) groups excluding carboxylic acids is 1. The molecule has 5 nitrogen and oxygen atoms in total. The average molecular weight is 326 g/mol. The summed E-state index contributed by atoms with van der Waals surface area (Å²) < 4.78 is 1.80. The highest BCUT2D eigenvalue weighted by atomic mass is 16.2. The lowest BCUT2D eigenvalue weighted by Crippen LogP contribution is -2.35. The Balaban J connectivity index is 1.85. The van der Waals surface area contributed by atoms with Gasteiger partial charge in [0.25, 0.3) is 0 Å². The first kappa shape index (κ1) is 16.6. The van der Waals surface area contributed by atoms with Gasteiger partial charge in [-0.05, 0) is 51.7 Å². The molecule has 3 rings (SSSR count). The molecular weight excluding hydrogens is 300 g/mol. The molecule has 5 heteroatoms. The van der Waals surface area contributed by atoms with E-state index in [1.165, 1.54) is 16.7 Å². The predicted octanol–water partition coefficient (Wildman–Crippen LogP) is 4.02. The molecular formula is C19H26N4O. The molecule has 24 heavy (non-hydrogen) atoms. The summed E-state index contributed by atoms with van der Waals surface area (Å²) in [6.07, 6.45) is 2.05. The van der Waals surface area contributed by atoms with Crippen LogP contribution in [0.5, 0.6) is 0 Å². The summed E-state index contributed by atoms with van der Waals surface area (Å²) in [5, 5.41) is 7.46. The van der Waals surface area contributed by atoms with Crippen LogP contribution in [0.25, 0.3) is 0 Å². The second-order valence-electron chi connectivity index (χ2n) is 6.81. The number of amides is 2. The van der Waals surface area contributed by atoms with Crippen molar-refractivity contribution in [2.45, 2.75) is 46.6 Å². The second kappa shape index (κ2) is 6.30. The van der Waals surface area contributed by atoms with E-state index < -0.39 is 0 Å². The molecule has 1 aromatic carbocycles. The largest absolute Gasteiger partial charge is 0.322 e. The number of likely N-dealkylation sites (tertiary alicyclic amines) is 1. The maximum Gasteiger partial charge on any atom is 0.322 e. The normalized spacial score (nSPS) is 17.4. The van der Waals surface area contributed by atoms with E-state index in [9.17, 15) is 4.79 Å². The maximum absolute atomic E-state index is 12.9. The number of aromatic nitrogens is 2. The molecule has 1 aliphatic heterocycles. The van der Waals surface area contributed by atoms with E-state index in [2.05, 4.69) is 42.5 Å². The standard InChI is InChI=1S/C19H26N4O/c1-12-8-9-13(2)16(11-12)17-7-6-10-23(17)19(24)20-18-14(3)21-22(5)15(18)4/h8-9,11,17H,6-7,10H2,1-5H3,(H,20,24). The van der Waals surface area contributed by atoms with Gasteiger partial charge in [-0.15, -0.1) is 0 Å². The molecule has 0 aliphatic carbocycles. The number of nitrogens with one attached hydrogen (secondary N) is 1. The van der Waals surface area contributed by atoms with E-state index in [-0.39, 0.29) is 12.1 Å². The second-order valence-corrected chi connectivity index (χ2v) is 6.81. The van der Waals surface area contributed by atoms with Gasteiger partial charge in [0.15, 0.2) is 0 Å². The van der Waals surface area contributed by atoms with Crippen LogP contribution >= 0.6 is 0 Å². The van der Waals surface area contributed by atoms with Gasteiger partial charge in [-0.25, -0.2) is 4.79 Å². The van der Waals surface area contributed by atoms with Gasteiger partial charge in [-0.2, -0.15) is 5.10 Å². The first-order valence-corrected chi connectivity index (χ1v) is 8.53. The third kappa shape index (κ3) is 2.90. The third-order valence-corrected chi connectivity index (χ3v) is 5.05. The van der Waals surface area contributed by atoms with Crippen LogP contribution < -0.4 is 5.32 Å². The molecule has 2 aromatic rings. The van der Waals surface area contributed by atoms with Crippen molar-refractivity contribution in [3.63, 3.8) is 0 Å². The van der Waals surface area contributed by atoms with Gasteiger partial charge < -0.3 is 10.2 Å². The molecule has 1 aromatic heterocycles. The zero-order valence-electron chi connectivity index (χ0n) is 15.2. The van der Waals surface area contributed by atoms with Crippen LogP contribution in [0.1, 0.15) is 47.0 Å². The number of urea groups is 1. The molecule has 0 radical (unpaired) electrons. The van der Waals surface area contributed by atoms with Gasteiger partial charge >= 0.3 is 6.03 Å². The summed E-state index contributed by atoms with van der Waals surface area (Å²) in [7, 11) is 1.90. The lowest BCUT2D eigenvalue weighted by molar-refractivity contribution is 0.207. The van der Waals surface area contributed by atoms with Crippen molar-refractivity contribution in [3.05, 3.63) is 46.3 Å². The number of hydrogen-bond acceptors (Lipinski definition) is 2. The van der Waals surface area contributed by atoms with E-state index in [0.717, 1.165) is 36.5 Å². The number of hydrogen-bond donors (Lipinski definition) is 1. The fourth-order valence-corrected chi connectivity index (χ4v) is 3.59. The lowest BCUT2D eigenvalue weighted by atomic mass is 9.97. The summed E-state index contributed by atoms with van der Waals surface area (Å²) in [5.41, 5.74) is 6.41. The van der Waals surface area contributed by atoms with Crippen LogP contribution in [0.3, 0.4) is 0 Å². The first-order chi connectivity index (χ1) is 11.4. The topological polar surface area (TPSA) is 50.2 Å². The molecule has 0 saturated carbocycles. The SMILES string of the molecule is Cc1ccc(C)c(C2CCCN2C(=O)Nc2c(C)nn(C)c2C)c1. The Morgan fingerprint density at radius 1 is 1.25 bits per heavy atom. The Morgan fingerprint density at radius 3 is 2.67 bits per heavy atom. The van der Waals surface area contributed by atoms with Crippen molar-refractivity contribution >= 4 is 11.7 Å². The Kier molecular flexibility index (Phi) is 4.35. The molecule has 1 N–H and O–H groups in total. The Hall–Kier alpha value is -2.30. The monoisotopic (exact) mass is 326 g/mol. The van der Waals surface area contributed by atoms with Gasteiger partial charge in [0.05, 0.1) is 23.1 Å². The summed E-state index contributed by atoms with van der Waals surface area (Å²) in [6.45, 7) is 8.92. The zero-order chi connectivity index (χ0) is 17.4. The number of nitrogens with zero attached hydrogens (tertiary/aromatic N) is 3. The highest BCUT2D eigenvalue weighted by Gasteiger charge is 2.31. The van der Waals surface area contributed by atoms with Gasteiger partial charge in [0.1, 0.15) is 0 Å². The highest BCUT2D eigenvalue weighted by Crippen LogP contribution is 2.35. The van der Waals surface area contributed by atoms with E-state index in [4.69, 9.17) is 0 Å². The van der Waals surface area contributed by atoms with Crippen LogP contribution in [0, 0.1) is 27.7 Å². The number of rotatable bonds is 2. The van der Waals surface area contributed by atoms with Crippen molar-refractivity contribution in [3.8, 4) is 0 Å². The fourth-order valence-electron chi connectivity index (χ4n) is 3.59. The van der Waals surface area contributed by atoms with Crippen molar-refractivity contribution < 1.29 is 4.79 Å². The quantitative estimate of drug-likeness (QED) is 0.906. The molecule has 1 saturated heterocycles. The first-order valence-electron chi connectivity index (χ1n) is 8.53. The van der Waals surface area contributed by atoms with Crippen molar-refractivity contribution in [2.24, 2.45) is 7.05 Å². The summed E-state index contributed by atoms with van der Waals surface area (Å²) in [5.74, 6) is 0. The third-order valence-electron chi connectivity index (χ3n) is 5.05. The summed E-state index contributed by atoms with van der Waals surface area (Å²) >= 11 is 0. The van der Waals surface area contributed by atoms with Crippen molar-refractivity contribution in [1.29, 1.82) is 0 Å². The van der Waals surface area contributed by atoms with Crippen molar-refractivity contribution in [1.82, 2.24) is 14.7 Å². The molecule has 2 heterocycles. The summed E-state index contributed by atoms with van der Waals surface area (Å²) in [4.78, 5) is 14.9. The number of carbonyl (C=O) groups is 1. The fraction of sp³-hybridized carbons (Fsp3) is 0.474. The molecule has 1 fully saturated rings. The van der Waals surface area contributed by atoms with Crippen LogP contribution in [0.4, 0.5) is 10.5 Å². The van der Waals surface area contributed by atoms with Crippen LogP contribution in [-0.2, 0) is 7.05 Å². The van der Waals surface area contributed by atoms with Gasteiger partial charge in [-0.1, -0.05) is 23.8 Å². The average Bonchev–Trinajstić information content (AvgIpc) is 3.10. The van der Waals surface area contributed by atoms with E-state index >= 15 is 0 Å². The number of anilines is 1. The Labute approximate surface area is 143 Å².